The second-order valence-corrected chi connectivity index (χ2v) is 6.41. The molecule has 0 aliphatic carbocycles. The number of hydrogen-bond acceptors (Lipinski definition) is 3. The van der Waals surface area contributed by atoms with Crippen LogP contribution in [0.3, 0.4) is 0 Å². The number of rotatable bonds is 4. The van der Waals surface area contributed by atoms with Crippen molar-refractivity contribution in [2.24, 2.45) is 5.73 Å². The van der Waals surface area contributed by atoms with E-state index in [0.29, 0.717) is 16.8 Å². The number of nitrogens with one attached hydrogen (secondary N) is 1. The van der Waals surface area contributed by atoms with Crippen molar-refractivity contribution >= 4 is 32.9 Å². The minimum absolute atomic E-state index is 0.224. The highest BCUT2D eigenvalue weighted by Crippen LogP contribution is 2.19. The summed E-state index contributed by atoms with van der Waals surface area (Å²) >= 11 is 4.88. The fourth-order valence-corrected chi connectivity index (χ4v) is 3.23. The molecule has 20 heavy (non-hydrogen) atoms. The van der Waals surface area contributed by atoms with Crippen LogP contribution in [0.15, 0.2) is 53.4 Å². The zero-order valence-electron chi connectivity index (χ0n) is 10.8. The molecular formula is C14H14N2O2S2. The Labute approximate surface area is 123 Å². The molecular weight excluding hydrogens is 292 g/mol. The number of hydrogen-bond donors (Lipinski definition) is 2. The van der Waals surface area contributed by atoms with E-state index in [9.17, 15) is 8.42 Å². The van der Waals surface area contributed by atoms with Gasteiger partial charge < -0.3 is 5.73 Å². The molecule has 0 radical (unpaired) electrons. The van der Waals surface area contributed by atoms with Crippen LogP contribution >= 0.6 is 12.2 Å². The lowest BCUT2D eigenvalue weighted by Gasteiger charge is -2.11. The Morgan fingerprint density at radius 1 is 1.15 bits per heavy atom. The van der Waals surface area contributed by atoms with Crippen molar-refractivity contribution in [2.75, 3.05) is 4.72 Å². The highest BCUT2D eigenvalue weighted by molar-refractivity contribution is 7.92. The summed E-state index contributed by atoms with van der Waals surface area (Å²) in [6.07, 6.45) is 0. The van der Waals surface area contributed by atoms with Gasteiger partial charge >= 0.3 is 0 Å². The third-order valence-electron chi connectivity index (χ3n) is 2.78. The largest absolute Gasteiger partial charge is 0.389 e. The molecule has 6 heteroatoms. The predicted octanol–water partition coefficient (Wildman–Crippen LogP) is 2.43. The van der Waals surface area contributed by atoms with Crippen LogP contribution in [0.4, 0.5) is 5.69 Å². The molecule has 2 rings (SSSR count). The van der Waals surface area contributed by atoms with Crippen LogP contribution in [0.2, 0.25) is 0 Å². The van der Waals surface area contributed by atoms with Gasteiger partial charge in [0.2, 0.25) is 0 Å². The minimum Gasteiger partial charge on any atom is -0.389 e. The predicted molar refractivity (Wildman–Crippen MR) is 84.3 cm³/mol. The van der Waals surface area contributed by atoms with Crippen molar-refractivity contribution in [1.29, 1.82) is 0 Å². The van der Waals surface area contributed by atoms with Crippen molar-refractivity contribution < 1.29 is 8.42 Å². The summed E-state index contributed by atoms with van der Waals surface area (Å²) in [4.78, 5) is 0.475. The van der Waals surface area contributed by atoms with Crippen LogP contribution in [0.1, 0.15) is 11.1 Å². The summed E-state index contributed by atoms with van der Waals surface area (Å²) in [6, 6.07) is 13.5. The van der Waals surface area contributed by atoms with Crippen molar-refractivity contribution in [3.63, 3.8) is 0 Å². The van der Waals surface area contributed by atoms with Gasteiger partial charge in [0, 0.05) is 11.3 Å². The van der Waals surface area contributed by atoms with Gasteiger partial charge in [0.05, 0.1) is 4.90 Å². The second-order valence-electron chi connectivity index (χ2n) is 4.32. The smallest absolute Gasteiger partial charge is 0.262 e. The van der Waals surface area contributed by atoms with E-state index in [1.54, 1.807) is 55.5 Å². The molecule has 0 heterocycles. The van der Waals surface area contributed by atoms with Crippen LogP contribution in [0.5, 0.6) is 0 Å². The highest BCUT2D eigenvalue weighted by atomic mass is 32.2. The average Bonchev–Trinajstić information content (AvgIpc) is 2.38. The van der Waals surface area contributed by atoms with E-state index in [1.165, 1.54) is 0 Å². The third-order valence-corrected chi connectivity index (χ3v) is 4.56. The first kappa shape index (κ1) is 14.5. The lowest BCUT2D eigenvalue weighted by Crippen LogP contribution is -2.15. The molecule has 104 valence electrons. The monoisotopic (exact) mass is 306 g/mol. The van der Waals surface area contributed by atoms with E-state index in [4.69, 9.17) is 18.0 Å². The van der Waals surface area contributed by atoms with E-state index < -0.39 is 10.0 Å². The van der Waals surface area contributed by atoms with Crippen molar-refractivity contribution in [3.05, 3.63) is 59.7 Å². The maximum atomic E-state index is 12.3. The molecule has 0 amide bonds. The number of anilines is 1. The maximum Gasteiger partial charge on any atom is 0.262 e. The molecule has 0 aromatic heterocycles. The van der Waals surface area contributed by atoms with Crippen molar-refractivity contribution in [2.45, 2.75) is 11.8 Å². The molecule has 0 aliphatic heterocycles. The van der Waals surface area contributed by atoms with Crippen LogP contribution in [-0.4, -0.2) is 13.4 Å². The molecule has 3 N–H and O–H groups in total. The zero-order valence-corrected chi connectivity index (χ0v) is 12.5. The quantitative estimate of drug-likeness (QED) is 0.851. The summed E-state index contributed by atoms with van der Waals surface area (Å²) in [5, 5.41) is 0. The second kappa shape index (κ2) is 5.60. The van der Waals surface area contributed by atoms with E-state index in [0.717, 1.165) is 0 Å². The Hall–Kier alpha value is -1.92. The first-order valence-electron chi connectivity index (χ1n) is 5.88. The fraction of sp³-hybridized carbons (Fsp3) is 0.0714. The molecule has 0 spiro atoms. The summed E-state index contributed by atoms with van der Waals surface area (Å²) < 4.78 is 27.2. The Morgan fingerprint density at radius 2 is 1.85 bits per heavy atom. The van der Waals surface area contributed by atoms with Gasteiger partial charge in [-0.25, -0.2) is 8.42 Å². The van der Waals surface area contributed by atoms with Gasteiger partial charge in [0.25, 0.3) is 10.0 Å². The third kappa shape index (κ3) is 3.15. The number of nitrogens with two attached hydrogens (primary N) is 1. The molecule has 0 unspecified atom stereocenters. The van der Waals surface area contributed by atoms with E-state index in [2.05, 4.69) is 4.72 Å². The van der Waals surface area contributed by atoms with Gasteiger partial charge in [-0.2, -0.15) is 0 Å². The van der Waals surface area contributed by atoms with Crippen LogP contribution in [0, 0.1) is 6.92 Å². The summed E-state index contributed by atoms with van der Waals surface area (Å²) in [7, 11) is -3.62. The van der Waals surface area contributed by atoms with E-state index in [1.807, 2.05) is 0 Å². The number of aryl methyl sites for hydroxylation is 1. The molecule has 2 aromatic rings. The fourth-order valence-electron chi connectivity index (χ4n) is 1.80. The average molecular weight is 306 g/mol. The summed E-state index contributed by atoms with van der Waals surface area (Å²) in [6.45, 7) is 1.75. The van der Waals surface area contributed by atoms with Crippen LogP contribution in [0.25, 0.3) is 0 Å². The maximum absolute atomic E-state index is 12.3. The van der Waals surface area contributed by atoms with Gasteiger partial charge in [0.15, 0.2) is 0 Å². The SMILES string of the molecule is Cc1ccccc1S(=O)(=O)Nc1cccc(C(N)=S)c1. The number of thiocarbonyl (C=S) groups is 1. The Kier molecular flexibility index (Phi) is 4.06. The normalized spacial score (nSPS) is 11.1. The van der Waals surface area contributed by atoms with Gasteiger partial charge in [-0.3, -0.25) is 4.72 Å². The standard InChI is InChI=1S/C14H14N2O2S2/c1-10-5-2-3-8-13(10)20(17,18)16-12-7-4-6-11(9-12)14(15)19/h2-9,16H,1H3,(H2,15,19). The molecule has 2 aromatic carbocycles. The van der Waals surface area contributed by atoms with Gasteiger partial charge in [-0.1, -0.05) is 42.5 Å². The van der Waals surface area contributed by atoms with E-state index >= 15 is 0 Å². The lowest BCUT2D eigenvalue weighted by atomic mass is 10.2. The van der Waals surface area contributed by atoms with Gasteiger partial charge in [0.1, 0.15) is 4.99 Å². The first-order valence-corrected chi connectivity index (χ1v) is 7.77. The Bertz CT molecular complexity index is 755. The number of sulfonamides is 1. The van der Waals surface area contributed by atoms with E-state index in [-0.39, 0.29) is 9.88 Å². The molecule has 0 aliphatic rings. The first-order chi connectivity index (χ1) is 9.40. The molecule has 0 saturated carbocycles. The van der Waals surface area contributed by atoms with Crippen molar-refractivity contribution in [3.8, 4) is 0 Å². The Balaban J connectivity index is 2.36. The Morgan fingerprint density at radius 3 is 2.50 bits per heavy atom. The molecule has 0 atom stereocenters. The molecule has 4 nitrogen and oxygen atoms in total. The minimum atomic E-state index is -3.62. The zero-order chi connectivity index (χ0) is 14.8. The summed E-state index contributed by atoms with van der Waals surface area (Å²) in [5.41, 5.74) is 7.27. The topological polar surface area (TPSA) is 72.2 Å². The lowest BCUT2D eigenvalue weighted by molar-refractivity contribution is 0.600. The van der Waals surface area contributed by atoms with Crippen LogP contribution in [-0.2, 0) is 10.0 Å². The van der Waals surface area contributed by atoms with Gasteiger partial charge in [-0.15, -0.1) is 0 Å². The molecule has 0 saturated heterocycles. The molecule has 0 fully saturated rings. The highest BCUT2D eigenvalue weighted by Gasteiger charge is 2.16. The van der Waals surface area contributed by atoms with Crippen molar-refractivity contribution in [1.82, 2.24) is 0 Å². The summed E-state index contributed by atoms with van der Waals surface area (Å²) in [5.74, 6) is 0. The molecule has 0 bridgehead atoms. The van der Waals surface area contributed by atoms with Crippen LogP contribution < -0.4 is 10.5 Å². The van der Waals surface area contributed by atoms with Gasteiger partial charge in [-0.05, 0) is 30.7 Å². The number of benzene rings is 2.